The summed E-state index contributed by atoms with van der Waals surface area (Å²) in [5, 5.41) is 15.9. The van der Waals surface area contributed by atoms with Gasteiger partial charge in [0.25, 0.3) is 0 Å². The van der Waals surface area contributed by atoms with Gasteiger partial charge in [0, 0.05) is 18.5 Å². The molecule has 2 fully saturated rings. The van der Waals surface area contributed by atoms with Crippen molar-refractivity contribution >= 4 is 6.03 Å². The number of methoxy groups -OCH3 is 1. The molecule has 3 rings (SSSR count). The van der Waals surface area contributed by atoms with Crippen LogP contribution >= 0.6 is 0 Å². The van der Waals surface area contributed by atoms with Crippen molar-refractivity contribution in [1.29, 1.82) is 0 Å². The van der Waals surface area contributed by atoms with Gasteiger partial charge in [0.15, 0.2) is 0 Å². The molecule has 1 aromatic rings. The maximum atomic E-state index is 12.1. The molecule has 3 N–H and O–H groups in total. The summed E-state index contributed by atoms with van der Waals surface area (Å²) in [6.45, 7) is 0.954. The minimum Gasteiger partial charge on any atom is -0.497 e. The minimum absolute atomic E-state index is 0.0146. The van der Waals surface area contributed by atoms with Gasteiger partial charge in [-0.2, -0.15) is 0 Å². The molecule has 0 saturated heterocycles. The van der Waals surface area contributed by atoms with Gasteiger partial charge in [-0.1, -0.05) is 25.0 Å². The Labute approximate surface area is 143 Å². The van der Waals surface area contributed by atoms with Gasteiger partial charge in [0.05, 0.1) is 12.7 Å². The average molecular weight is 332 g/mol. The van der Waals surface area contributed by atoms with Gasteiger partial charge < -0.3 is 20.5 Å². The largest absolute Gasteiger partial charge is 0.497 e. The number of amides is 2. The molecule has 24 heavy (non-hydrogen) atoms. The summed E-state index contributed by atoms with van der Waals surface area (Å²) in [5.41, 5.74) is 0.534. The number of hydrogen-bond donors (Lipinski definition) is 3. The second kappa shape index (κ2) is 7.01. The first-order chi connectivity index (χ1) is 11.6. The van der Waals surface area contributed by atoms with Crippen molar-refractivity contribution in [2.75, 3.05) is 20.2 Å². The van der Waals surface area contributed by atoms with Crippen LogP contribution in [0.4, 0.5) is 4.79 Å². The maximum absolute atomic E-state index is 12.1. The smallest absolute Gasteiger partial charge is 0.314 e. The summed E-state index contributed by atoms with van der Waals surface area (Å²) in [4.78, 5) is 12.1. The molecule has 0 radical (unpaired) electrons. The van der Waals surface area contributed by atoms with Gasteiger partial charge >= 0.3 is 6.03 Å². The molecule has 0 aliphatic heterocycles. The first kappa shape index (κ1) is 17.1. The van der Waals surface area contributed by atoms with Crippen LogP contribution in [0.3, 0.4) is 0 Å². The third-order valence-corrected chi connectivity index (χ3v) is 5.69. The van der Waals surface area contributed by atoms with Gasteiger partial charge in [0.2, 0.25) is 0 Å². The maximum Gasteiger partial charge on any atom is 0.314 e. The molecule has 5 nitrogen and oxygen atoms in total. The number of ether oxygens (including phenoxy) is 1. The van der Waals surface area contributed by atoms with Crippen molar-refractivity contribution in [3.05, 3.63) is 29.8 Å². The van der Waals surface area contributed by atoms with Crippen LogP contribution in [0, 0.1) is 0 Å². The Bertz CT molecular complexity index is 578. The van der Waals surface area contributed by atoms with E-state index < -0.39 is 5.60 Å². The molecule has 2 saturated carbocycles. The Morgan fingerprint density at radius 3 is 2.46 bits per heavy atom. The fourth-order valence-corrected chi connectivity index (χ4v) is 3.89. The van der Waals surface area contributed by atoms with E-state index >= 15 is 0 Å². The van der Waals surface area contributed by atoms with Crippen LogP contribution < -0.4 is 15.4 Å². The van der Waals surface area contributed by atoms with Gasteiger partial charge in [-0.25, -0.2) is 4.79 Å². The van der Waals surface area contributed by atoms with Gasteiger partial charge in [-0.15, -0.1) is 0 Å². The lowest BCUT2D eigenvalue weighted by Gasteiger charge is -2.36. The number of aliphatic hydroxyl groups is 1. The number of carbonyl (C=O) groups excluding carboxylic acids is 1. The number of rotatable bonds is 6. The third-order valence-electron chi connectivity index (χ3n) is 5.69. The highest BCUT2D eigenvalue weighted by atomic mass is 16.5. The van der Waals surface area contributed by atoms with E-state index in [-0.39, 0.29) is 11.4 Å². The number of nitrogens with one attached hydrogen (secondary N) is 2. The highest BCUT2D eigenvalue weighted by Crippen LogP contribution is 2.41. The van der Waals surface area contributed by atoms with Crippen molar-refractivity contribution in [3.63, 3.8) is 0 Å². The lowest BCUT2D eigenvalue weighted by Crippen LogP contribution is -2.51. The lowest BCUT2D eigenvalue weighted by atomic mass is 9.78. The first-order valence-electron chi connectivity index (χ1n) is 8.94. The second-order valence-electron chi connectivity index (χ2n) is 7.33. The standard InChI is InChI=1S/C19H28N2O3/c1-24-16-7-4-6-15(12-16)18(8-2-3-9-18)13-20-17(22)21-14-19(23)10-5-11-19/h4,6-7,12,23H,2-3,5,8-11,13-14H2,1H3,(H2,20,21,22). The van der Waals surface area contributed by atoms with Crippen molar-refractivity contribution in [2.45, 2.75) is 56.0 Å². The Morgan fingerprint density at radius 1 is 1.12 bits per heavy atom. The summed E-state index contributed by atoms with van der Waals surface area (Å²) in [7, 11) is 1.68. The molecule has 0 bridgehead atoms. The third kappa shape index (κ3) is 3.66. The summed E-state index contributed by atoms with van der Waals surface area (Å²) in [6, 6.07) is 7.99. The number of urea groups is 1. The van der Waals surface area contributed by atoms with E-state index in [0.29, 0.717) is 13.1 Å². The Balaban J connectivity index is 1.60. The van der Waals surface area contributed by atoms with Crippen LogP contribution in [0.2, 0.25) is 0 Å². The minimum atomic E-state index is -0.685. The molecule has 2 aliphatic rings. The zero-order chi connectivity index (χ0) is 17.0. The second-order valence-corrected chi connectivity index (χ2v) is 7.33. The number of carbonyl (C=O) groups is 1. The van der Waals surface area contributed by atoms with E-state index in [0.717, 1.165) is 37.9 Å². The molecule has 0 spiro atoms. The average Bonchev–Trinajstić information content (AvgIpc) is 3.06. The van der Waals surface area contributed by atoms with Gasteiger partial charge in [0.1, 0.15) is 5.75 Å². The fourth-order valence-electron chi connectivity index (χ4n) is 3.89. The molecule has 2 aliphatic carbocycles. The summed E-state index contributed by atoms with van der Waals surface area (Å²) < 4.78 is 5.35. The Hall–Kier alpha value is -1.75. The van der Waals surface area contributed by atoms with E-state index in [1.807, 2.05) is 12.1 Å². The van der Waals surface area contributed by atoms with E-state index in [4.69, 9.17) is 4.74 Å². The van der Waals surface area contributed by atoms with Gasteiger partial charge in [-0.3, -0.25) is 0 Å². The molecule has 0 heterocycles. The van der Waals surface area contributed by atoms with E-state index in [9.17, 15) is 9.90 Å². The van der Waals surface area contributed by atoms with Crippen LogP contribution in [0.1, 0.15) is 50.5 Å². The molecule has 132 valence electrons. The quantitative estimate of drug-likeness (QED) is 0.750. The lowest BCUT2D eigenvalue weighted by molar-refractivity contribution is -0.0290. The predicted molar refractivity (Wildman–Crippen MR) is 93.3 cm³/mol. The van der Waals surface area contributed by atoms with Crippen molar-refractivity contribution in [1.82, 2.24) is 10.6 Å². The molecule has 5 heteroatoms. The Kier molecular flexibility index (Phi) is 4.99. The van der Waals surface area contributed by atoms with Crippen LogP contribution in [0.5, 0.6) is 5.75 Å². The molecule has 1 aromatic carbocycles. The monoisotopic (exact) mass is 332 g/mol. The molecule has 0 aromatic heterocycles. The highest BCUT2D eigenvalue weighted by molar-refractivity contribution is 5.74. The zero-order valence-electron chi connectivity index (χ0n) is 14.4. The topological polar surface area (TPSA) is 70.6 Å². The van der Waals surface area contributed by atoms with E-state index in [1.54, 1.807) is 7.11 Å². The van der Waals surface area contributed by atoms with Gasteiger partial charge in [-0.05, 0) is 49.8 Å². The summed E-state index contributed by atoms with van der Waals surface area (Å²) >= 11 is 0. The fraction of sp³-hybridized carbons (Fsp3) is 0.632. The predicted octanol–water partition coefficient (Wildman–Crippen LogP) is 2.72. The molecule has 2 amide bonds. The van der Waals surface area contributed by atoms with E-state index in [2.05, 4.69) is 22.8 Å². The summed E-state index contributed by atoms with van der Waals surface area (Å²) in [6.07, 6.45) is 7.11. The molecule has 0 unspecified atom stereocenters. The van der Waals surface area contributed by atoms with Crippen LogP contribution in [0.15, 0.2) is 24.3 Å². The molecular weight excluding hydrogens is 304 g/mol. The van der Waals surface area contributed by atoms with Crippen LogP contribution in [-0.2, 0) is 5.41 Å². The van der Waals surface area contributed by atoms with Crippen molar-refractivity contribution < 1.29 is 14.6 Å². The number of hydrogen-bond acceptors (Lipinski definition) is 3. The zero-order valence-corrected chi connectivity index (χ0v) is 14.4. The SMILES string of the molecule is COc1cccc(C2(CNC(=O)NCC3(O)CCC3)CCCC2)c1. The van der Waals surface area contributed by atoms with Crippen molar-refractivity contribution in [3.8, 4) is 5.75 Å². The normalized spacial score (nSPS) is 20.9. The number of benzene rings is 1. The molecule has 0 atom stereocenters. The molecular formula is C19H28N2O3. The highest BCUT2D eigenvalue weighted by Gasteiger charge is 2.37. The first-order valence-corrected chi connectivity index (χ1v) is 8.94. The Morgan fingerprint density at radius 2 is 1.83 bits per heavy atom. The van der Waals surface area contributed by atoms with Crippen LogP contribution in [-0.4, -0.2) is 36.9 Å². The van der Waals surface area contributed by atoms with Crippen LogP contribution in [0.25, 0.3) is 0 Å². The summed E-state index contributed by atoms with van der Waals surface area (Å²) in [5.74, 6) is 0.857. The van der Waals surface area contributed by atoms with Crippen molar-refractivity contribution in [2.24, 2.45) is 0 Å². The van der Waals surface area contributed by atoms with E-state index in [1.165, 1.54) is 18.4 Å².